The third-order valence-corrected chi connectivity index (χ3v) is 5.70. The van der Waals surface area contributed by atoms with E-state index in [0.717, 1.165) is 31.2 Å². The number of carbonyl (C=O) groups excluding carboxylic acids is 2. The van der Waals surface area contributed by atoms with Crippen molar-refractivity contribution < 1.29 is 9.59 Å². The lowest BCUT2D eigenvalue weighted by Gasteiger charge is -2.56. The molecule has 1 heterocycles. The van der Waals surface area contributed by atoms with Gasteiger partial charge in [-0.05, 0) is 60.9 Å². The number of hydrogen-bond acceptors (Lipinski definition) is 4. The van der Waals surface area contributed by atoms with Gasteiger partial charge < -0.3 is 16.4 Å². The molecule has 1 aromatic heterocycles. The van der Waals surface area contributed by atoms with Gasteiger partial charge in [-0.1, -0.05) is 12.1 Å². The van der Waals surface area contributed by atoms with Gasteiger partial charge >= 0.3 is 0 Å². The van der Waals surface area contributed by atoms with Crippen molar-refractivity contribution in [3.8, 4) is 0 Å². The molecule has 1 spiro atoms. The van der Waals surface area contributed by atoms with Gasteiger partial charge in [0.05, 0.1) is 5.56 Å². The number of benzene rings is 1. The third kappa shape index (κ3) is 3.85. The van der Waals surface area contributed by atoms with E-state index >= 15 is 0 Å². The quantitative estimate of drug-likeness (QED) is 0.759. The lowest BCUT2D eigenvalue weighted by atomic mass is 9.50. The highest BCUT2D eigenvalue weighted by atomic mass is 16.2. The van der Waals surface area contributed by atoms with Gasteiger partial charge in [-0.2, -0.15) is 0 Å². The van der Waals surface area contributed by atoms with Crippen molar-refractivity contribution in [2.45, 2.75) is 38.3 Å². The highest BCUT2D eigenvalue weighted by Gasteiger charge is 2.53. The maximum absolute atomic E-state index is 12.3. The van der Waals surface area contributed by atoms with Gasteiger partial charge in [0.25, 0.3) is 5.91 Å². The maximum Gasteiger partial charge on any atom is 0.257 e. The second-order valence-electron chi connectivity index (χ2n) is 7.89. The predicted molar refractivity (Wildman–Crippen MR) is 103 cm³/mol. The number of nitrogens with one attached hydrogen (secondary N) is 2. The van der Waals surface area contributed by atoms with Crippen molar-refractivity contribution in [2.75, 3.05) is 5.32 Å². The first-order valence-electron chi connectivity index (χ1n) is 9.37. The Morgan fingerprint density at radius 2 is 1.96 bits per heavy atom. The summed E-state index contributed by atoms with van der Waals surface area (Å²) in [7, 11) is 0. The second kappa shape index (κ2) is 7.12. The first-order valence-corrected chi connectivity index (χ1v) is 9.37. The zero-order valence-corrected chi connectivity index (χ0v) is 15.2. The summed E-state index contributed by atoms with van der Waals surface area (Å²) in [4.78, 5) is 28.5. The molecule has 2 saturated carbocycles. The summed E-state index contributed by atoms with van der Waals surface area (Å²) in [6.45, 7) is 0.457. The van der Waals surface area contributed by atoms with Gasteiger partial charge in [0.15, 0.2) is 0 Å². The van der Waals surface area contributed by atoms with Crippen LogP contribution >= 0.6 is 0 Å². The molecule has 4 N–H and O–H groups in total. The van der Waals surface area contributed by atoms with Crippen molar-refractivity contribution in [3.63, 3.8) is 0 Å². The summed E-state index contributed by atoms with van der Waals surface area (Å²) in [5.74, 6) is 0.0274. The highest BCUT2D eigenvalue weighted by molar-refractivity contribution is 6.04. The molecule has 6 heteroatoms. The molecule has 0 unspecified atom stereocenters. The number of amides is 2. The molecule has 2 fully saturated rings. The molecule has 0 bridgehead atoms. The number of pyridine rings is 1. The molecule has 4 rings (SSSR count). The van der Waals surface area contributed by atoms with Crippen LogP contribution in [-0.2, 0) is 11.3 Å². The minimum atomic E-state index is -0.206. The van der Waals surface area contributed by atoms with Gasteiger partial charge in [-0.25, -0.2) is 0 Å². The Bertz CT molecular complexity index is 838. The summed E-state index contributed by atoms with van der Waals surface area (Å²) >= 11 is 0. The minimum Gasteiger partial charge on any atom is -0.352 e. The van der Waals surface area contributed by atoms with E-state index in [4.69, 9.17) is 5.73 Å². The van der Waals surface area contributed by atoms with Crippen molar-refractivity contribution in [3.05, 3.63) is 59.9 Å². The summed E-state index contributed by atoms with van der Waals surface area (Å²) < 4.78 is 0. The maximum atomic E-state index is 12.3. The van der Waals surface area contributed by atoms with E-state index < -0.39 is 0 Å². The first-order chi connectivity index (χ1) is 13.0. The second-order valence-corrected chi connectivity index (χ2v) is 7.89. The Balaban J connectivity index is 1.28. The zero-order valence-electron chi connectivity index (χ0n) is 15.2. The Morgan fingerprint density at radius 3 is 2.67 bits per heavy atom. The van der Waals surface area contributed by atoms with Crippen molar-refractivity contribution in [1.29, 1.82) is 0 Å². The van der Waals surface area contributed by atoms with Gasteiger partial charge in [-0.3, -0.25) is 14.6 Å². The van der Waals surface area contributed by atoms with Gasteiger partial charge in [0.1, 0.15) is 0 Å². The van der Waals surface area contributed by atoms with Gasteiger partial charge in [0.2, 0.25) is 5.91 Å². The fourth-order valence-electron chi connectivity index (χ4n) is 4.35. The standard InChI is InChI=1S/C21H24N4O2/c22-17-10-21(11-17)8-16(9-21)19(26)24-12-14-3-1-5-18(7-14)25-20(27)15-4-2-6-23-13-15/h1-7,13,16-17H,8-12,22H2,(H,24,26)(H,25,27). The smallest absolute Gasteiger partial charge is 0.257 e. The topological polar surface area (TPSA) is 97.1 Å². The van der Waals surface area contributed by atoms with E-state index in [0.29, 0.717) is 29.3 Å². The lowest BCUT2D eigenvalue weighted by Crippen LogP contribution is -2.56. The van der Waals surface area contributed by atoms with E-state index in [1.54, 1.807) is 18.3 Å². The van der Waals surface area contributed by atoms with E-state index in [2.05, 4.69) is 15.6 Å². The zero-order chi connectivity index (χ0) is 18.9. The van der Waals surface area contributed by atoms with Crippen molar-refractivity contribution in [1.82, 2.24) is 10.3 Å². The number of carbonyl (C=O) groups is 2. The van der Waals surface area contributed by atoms with Crippen LogP contribution in [0.3, 0.4) is 0 Å². The molecular weight excluding hydrogens is 340 g/mol. The number of rotatable bonds is 5. The van der Waals surface area contributed by atoms with Gasteiger partial charge in [-0.15, -0.1) is 0 Å². The number of nitrogens with two attached hydrogens (primary N) is 1. The minimum absolute atomic E-state index is 0.117. The molecule has 1 aromatic carbocycles. The summed E-state index contributed by atoms with van der Waals surface area (Å²) in [5, 5.41) is 5.88. The third-order valence-electron chi connectivity index (χ3n) is 5.70. The number of hydrogen-bond donors (Lipinski definition) is 3. The molecule has 0 radical (unpaired) electrons. The Kier molecular flexibility index (Phi) is 4.66. The average molecular weight is 364 g/mol. The highest BCUT2D eigenvalue weighted by Crippen LogP contribution is 2.58. The first kappa shape index (κ1) is 17.7. The van der Waals surface area contributed by atoms with E-state index in [-0.39, 0.29) is 17.7 Å². The van der Waals surface area contributed by atoms with Crippen LogP contribution in [0.15, 0.2) is 48.8 Å². The van der Waals surface area contributed by atoms with Crippen molar-refractivity contribution in [2.24, 2.45) is 17.1 Å². The largest absolute Gasteiger partial charge is 0.352 e. The van der Waals surface area contributed by atoms with E-state index in [1.807, 2.05) is 24.3 Å². The number of nitrogens with zero attached hydrogens (tertiary/aromatic N) is 1. The lowest BCUT2D eigenvalue weighted by molar-refractivity contribution is -0.138. The van der Waals surface area contributed by atoms with Crippen LogP contribution in [-0.4, -0.2) is 22.8 Å². The van der Waals surface area contributed by atoms with Crippen LogP contribution in [0, 0.1) is 11.3 Å². The van der Waals surface area contributed by atoms with Crippen LogP contribution in [0.2, 0.25) is 0 Å². The number of aromatic nitrogens is 1. The molecule has 2 aromatic rings. The molecule has 27 heavy (non-hydrogen) atoms. The Morgan fingerprint density at radius 1 is 1.15 bits per heavy atom. The molecule has 2 aliphatic carbocycles. The Labute approximate surface area is 158 Å². The normalized spacial score (nSPS) is 26.0. The molecule has 0 aliphatic heterocycles. The molecule has 0 atom stereocenters. The molecule has 2 aliphatic rings. The summed E-state index contributed by atoms with van der Waals surface area (Å²) in [5.41, 5.74) is 8.38. The molecule has 2 amide bonds. The molecule has 0 saturated heterocycles. The summed E-state index contributed by atoms with van der Waals surface area (Å²) in [6, 6.07) is 11.3. The predicted octanol–water partition coefficient (Wildman–Crippen LogP) is 2.47. The average Bonchev–Trinajstić information content (AvgIpc) is 2.62. The monoisotopic (exact) mass is 364 g/mol. The van der Waals surface area contributed by atoms with E-state index in [1.165, 1.54) is 6.20 Å². The van der Waals surface area contributed by atoms with Crippen LogP contribution in [0.5, 0.6) is 0 Å². The van der Waals surface area contributed by atoms with Gasteiger partial charge in [0, 0.05) is 36.6 Å². The fourth-order valence-corrected chi connectivity index (χ4v) is 4.35. The molecule has 6 nitrogen and oxygen atoms in total. The van der Waals surface area contributed by atoms with Crippen LogP contribution in [0.4, 0.5) is 5.69 Å². The number of anilines is 1. The van der Waals surface area contributed by atoms with E-state index in [9.17, 15) is 9.59 Å². The van der Waals surface area contributed by atoms with Crippen LogP contribution in [0.25, 0.3) is 0 Å². The summed E-state index contributed by atoms with van der Waals surface area (Å²) in [6.07, 6.45) is 7.22. The fraction of sp³-hybridized carbons (Fsp3) is 0.381. The molecule has 140 valence electrons. The van der Waals surface area contributed by atoms with Crippen molar-refractivity contribution >= 4 is 17.5 Å². The Hall–Kier alpha value is -2.73. The molecular formula is C21H24N4O2. The van der Waals surface area contributed by atoms with Crippen LogP contribution in [0.1, 0.15) is 41.6 Å². The SMILES string of the molecule is NC1CC2(C1)CC(C(=O)NCc1cccc(NC(=O)c3cccnc3)c1)C2. The van der Waals surface area contributed by atoms with Crippen LogP contribution < -0.4 is 16.4 Å².